The average molecular weight is 224 g/mol. The van der Waals surface area contributed by atoms with Crippen molar-refractivity contribution in [1.29, 1.82) is 0 Å². The number of fused-ring (bicyclic) bond motifs is 1. The van der Waals surface area contributed by atoms with Gasteiger partial charge in [0.15, 0.2) is 10.6 Å². The van der Waals surface area contributed by atoms with Crippen molar-refractivity contribution in [2.24, 2.45) is 0 Å². The molecule has 1 aromatic rings. The van der Waals surface area contributed by atoms with Gasteiger partial charge in [0.05, 0.1) is 17.7 Å². The normalized spacial score (nSPS) is 14.0. The molecule has 2 rings (SSSR count). The standard InChI is InChI=1S/C9H8N2O3S/c12-6-2-1-4-8(6)5(3-7(13)14)11-9(15)10-4/h1-3H2,(H,13,14)(H,10,11,15). The first kappa shape index (κ1) is 9.97. The van der Waals surface area contributed by atoms with E-state index >= 15 is 0 Å². The summed E-state index contributed by atoms with van der Waals surface area (Å²) in [7, 11) is 0. The summed E-state index contributed by atoms with van der Waals surface area (Å²) in [6.45, 7) is 0. The van der Waals surface area contributed by atoms with Gasteiger partial charge in [-0.15, -0.1) is 0 Å². The lowest BCUT2D eigenvalue weighted by Gasteiger charge is -2.03. The zero-order valence-corrected chi connectivity index (χ0v) is 8.56. The van der Waals surface area contributed by atoms with Crippen LogP contribution in [0.5, 0.6) is 0 Å². The van der Waals surface area contributed by atoms with Crippen molar-refractivity contribution in [3.8, 4) is 0 Å². The topological polar surface area (TPSA) is 83.0 Å². The molecule has 0 aliphatic heterocycles. The molecule has 1 heterocycles. The summed E-state index contributed by atoms with van der Waals surface area (Å²) in [5, 5.41) is 8.68. The third-order valence-electron chi connectivity index (χ3n) is 2.28. The van der Waals surface area contributed by atoms with Crippen LogP contribution in [0, 0.1) is 4.77 Å². The summed E-state index contributed by atoms with van der Waals surface area (Å²) < 4.78 is 0.236. The fraction of sp³-hybridized carbons (Fsp3) is 0.333. The van der Waals surface area contributed by atoms with Crippen LogP contribution in [-0.4, -0.2) is 26.8 Å². The summed E-state index contributed by atoms with van der Waals surface area (Å²) in [6.07, 6.45) is 0.734. The first-order chi connectivity index (χ1) is 7.08. The molecule has 1 aliphatic rings. The predicted molar refractivity (Wildman–Crippen MR) is 53.4 cm³/mol. The summed E-state index contributed by atoms with van der Waals surface area (Å²) in [4.78, 5) is 28.8. The Hall–Kier alpha value is -1.56. The molecular weight excluding hydrogens is 216 g/mol. The van der Waals surface area contributed by atoms with Crippen LogP contribution in [0.4, 0.5) is 0 Å². The van der Waals surface area contributed by atoms with Gasteiger partial charge in [-0.3, -0.25) is 9.59 Å². The minimum Gasteiger partial charge on any atom is -0.481 e. The Kier molecular flexibility index (Phi) is 2.36. The second kappa shape index (κ2) is 3.54. The van der Waals surface area contributed by atoms with Crippen molar-refractivity contribution in [3.63, 3.8) is 0 Å². The number of aryl methyl sites for hydroxylation is 1. The molecular formula is C9H8N2O3S. The van der Waals surface area contributed by atoms with E-state index in [0.29, 0.717) is 18.4 Å². The number of rotatable bonds is 2. The number of carbonyl (C=O) groups excluding carboxylic acids is 1. The summed E-state index contributed by atoms with van der Waals surface area (Å²) in [6, 6.07) is 0. The number of hydrogen-bond acceptors (Lipinski definition) is 4. The maximum absolute atomic E-state index is 11.5. The van der Waals surface area contributed by atoms with Gasteiger partial charge in [-0.05, 0) is 18.6 Å². The van der Waals surface area contributed by atoms with Crippen molar-refractivity contribution in [2.75, 3.05) is 0 Å². The molecule has 15 heavy (non-hydrogen) atoms. The van der Waals surface area contributed by atoms with Crippen molar-refractivity contribution >= 4 is 24.0 Å². The van der Waals surface area contributed by atoms with Gasteiger partial charge in [0, 0.05) is 12.1 Å². The Morgan fingerprint density at radius 3 is 2.93 bits per heavy atom. The molecule has 0 bridgehead atoms. The van der Waals surface area contributed by atoms with Crippen molar-refractivity contribution in [3.05, 3.63) is 21.7 Å². The molecule has 0 amide bonds. The number of aromatic nitrogens is 2. The molecule has 0 aromatic carbocycles. The molecule has 1 aliphatic carbocycles. The number of Topliss-reactive ketones (excluding diaryl/α,β-unsaturated/α-hetero) is 1. The van der Waals surface area contributed by atoms with Gasteiger partial charge in [-0.25, -0.2) is 4.98 Å². The molecule has 0 unspecified atom stereocenters. The smallest absolute Gasteiger partial charge is 0.309 e. The number of carboxylic acid groups (broad SMARTS) is 1. The van der Waals surface area contributed by atoms with Gasteiger partial charge >= 0.3 is 5.97 Å². The molecule has 2 N–H and O–H groups in total. The van der Waals surface area contributed by atoms with Crippen LogP contribution in [0.25, 0.3) is 0 Å². The van der Waals surface area contributed by atoms with E-state index in [4.69, 9.17) is 17.3 Å². The molecule has 1 aromatic heterocycles. The lowest BCUT2D eigenvalue weighted by Crippen LogP contribution is -2.10. The Morgan fingerprint density at radius 2 is 2.27 bits per heavy atom. The van der Waals surface area contributed by atoms with Crippen molar-refractivity contribution < 1.29 is 14.7 Å². The molecule has 0 radical (unpaired) electrons. The highest BCUT2D eigenvalue weighted by molar-refractivity contribution is 7.71. The largest absolute Gasteiger partial charge is 0.481 e. The van der Waals surface area contributed by atoms with Gasteiger partial charge < -0.3 is 10.1 Å². The third-order valence-corrected chi connectivity index (χ3v) is 2.48. The van der Waals surface area contributed by atoms with E-state index in [2.05, 4.69) is 9.97 Å². The summed E-state index contributed by atoms with van der Waals surface area (Å²) in [5.41, 5.74) is 1.42. The summed E-state index contributed by atoms with van der Waals surface area (Å²) in [5.74, 6) is -1.06. The van der Waals surface area contributed by atoms with Gasteiger partial charge in [0.1, 0.15) is 0 Å². The lowest BCUT2D eigenvalue weighted by atomic mass is 10.1. The monoisotopic (exact) mass is 224 g/mol. The average Bonchev–Trinajstić information content (AvgIpc) is 2.46. The molecule has 0 fully saturated rings. The Bertz CT molecular complexity index is 507. The quantitative estimate of drug-likeness (QED) is 0.729. The Labute approximate surface area is 90.2 Å². The minimum atomic E-state index is -1.01. The van der Waals surface area contributed by atoms with E-state index in [1.54, 1.807) is 0 Å². The lowest BCUT2D eigenvalue weighted by molar-refractivity contribution is -0.136. The molecule has 6 heteroatoms. The number of nitrogens with zero attached hydrogens (tertiary/aromatic N) is 1. The van der Waals surface area contributed by atoms with E-state index in [-0.39, 0.29) is 22.7 Å². The molecule has 0 atom stereocenters. The van der Waals surface area contributed by atoms with Crippen LogP contribution in [0.1, 0.15) is 28.2 Å². The van der Waals surface area contributed by atoms with Crippen LogP contribution in [0.15, 0.2) is 0 Å². The highest BCUT2D eigenvalue weighted by atomic mass is 32.1. The van der Waals surface area contributed by atoms with Crippen LogP contribution in [0.3, 0.4) is 0 Å². The van der Waals surface area contributed by atoms with E-state index < -0.39 is 5.97 Å². The fourth-order valence-corrected chi connectivity index (χ4v) is 1.96. The molecule has 0 spiro atoms. The second-order valence-corrected chi connectivity index (χ2v) is 3.72. The highest BCUT2D eigenvalue weighted by Gasteiger charge is 2.25. The first-order valence-electron chi connectivity index (χ1n) is 4.45. The molecule has 5 nitrogen and oxygen atoms in total. The van der Waals surface area contributed by atoms with Crippen LogP contribution >= 0.6 is 12.2 Å². The zero-order chi connectivity index (χ0) is 11.0. The van der Waals surface area contributed by atoms with Crippen molar-refractivity contribution in [2.45, 2.75) is 19.3 Å². The van der Waals surface area contributed by atoms with Crippen LogP contribution in [0.2, 0.25) is 0 Å². The molecule has 78 valence electrons. The number of H-pyrrole nitrogens is 1. The minimum absolute atomic E-state index is 0.0556. The van der Waals surface area contributed by atoms with E-state index in [0.717, 1.165) is 5.69 Å². The number of aromatic amines is 1. The number of nitrogens with one attached hydrogen (secondary N) is 1. The predicted octanol–water partition coefficient (Wildman–Crippen LogP) is 0.895. The van der Waals surface area contributed by atoms with Crippen LogP contribution < -0.4 is 0 Å². The third kappa shape index (κ3) is 1.80. The maximum Gasteiger partial charge on any atom is 0.309 e. The van der Waals surface area contributed by atoms with Gasteiger partial charge in [0.2, 0.25) is 0 Å². The molecule has 0 saturated carbocycles. The van der Waals surface area contributed by atoms with Crippen molar-refractivity contribution in [1.82, 2.24) is 9.97 Å². The van der Waals surface area contributed by atoms with Gasteiger partial charge in [-0.1, -0.05) is 0 Å². The Balaban J connectivity index is 2.58. The number of aliphatic carboxylic acids is 1. The summed E-state index contributed by atoms with van der Waals surface area (Å²) >= 11 is 4.86. The van der Waals surface area contributed by atoms with Crippen LogP contribution in [-0.2, 0) is 17.6 Å². The zero-order valence-electron chi connectivity index (χ0n) is 7.74. The number of carboxylic acids is 1. The SMILES string of the molecule is O=C(O)Cc1nc(=S)[nH]c2c1C(=O)CC2. The number of hydrogen-bond donors (Lipinski definition) is 2. The van der Waals surface area contributed by atoms with E-state index in [9.17, 15) is 9.59 Å². The van der Waals surface area contributed by atoms with E-state index in [1.165, 1.54) is 0 Å². The number of carbonyl (C=O) groups is 2. The van der Waals surface area contributed by atoms with Gasteiger partial charge in [0.25, 0.3) is 0 Å². The first-order valence-corrected chi connectivity index (χ1v) is 4.86. The maximum atomic E-state index is 11.5. The fourth-order valence-electron chi connectivity index (χ4n) is 1.72. The highest BCUT2D eigenvalue weighted by Crippen LogP contribution is 2.22. The van der Waals surface area contributed by atoms with Gasteiger partial charge in [-0.2, -0.15) is 0 Å². The number of ketones is 1. The van der Waals surface area contributed by atoms with E-state index in [1.807, 2.05) is 0 Å². The molecule has 0 saturated heterocycles. The second-order valence-electron chi connectivity index (χ2n) is 3.34. The Morgan fingerprint density at radius 1 is 1.53 bits per heavy atom.